The Morgan fingerprint density at radius 1 is 0.941 bits per heavy atom. The molecule has 2 nitrogen and oxygen atoms in total. The number of anilines is 1. The molecule has 2 aromatic rings. The lowest BCUT2D eigenvalue weighted by atomic mass is 10.0. The van der Waals surface area contributed by atoms with Crippen LogP contribution in [-0.2, 0) is 0 Å². The molecule has 2 aromatic carbocycles. The number of rotatable bonds is 2. The first-order valence-corrected chi connectivity index (χ1v) is 5.69. The molecule has 0 fully saturated rings. The van der Waals surface area contributed by atoms with Crippen LogP contribution in [0.3, 0.4) is 0 Å². The lowest BCUT2D eigenvalue weighted by Crippen LogP contribution is -2.03. The molecule has 0 spiro atoms. The van der Waals surface area contributed by atoms with Crippen molar-refractivity contribution in [2.75, 3.05) is 5.73 Å². The van der Waals surface area contributed by atoms with Gasteiger partial charge in [-0.25, -0.2) is 0 Å². The van der Waals surface area contributed by atoms with Gasteiger partial charge in [0.25, 0.3) is 0 Å². The third-order valence-electron chi connectivity index (χ3n) is 2.36. The van der Waals surface area contributed by atoms with Gasteiger partial charge >= 0.3 is 0 Å². The highest BCUT2D eigenvalue weighted by molar-refractivity contribution is 6.38. The standard InChI is InChI=1S/C13H9Cl2NO/c14-11-4-2-1-3-9(11)13(17)10-6-5-8(16)7-12(10)15/h1-7H,16H2. The van der Waals surface area contributed by atoms with Crippen molar-refractivity contribution in [2.24, 2.45) is 0 Å². The summed E-state index contributed by atoms with van der Waals surface area (Å²) in [5.41, 5.74) is 6.92. The molecule has 0 atom stereocenters. The number of benzene rings is 2. The van der Waals surface area contributed by atoms with Crippen LogP contribution in [0, 0.1) is 0 Å². The summed E-state index contributed by atoms with van der Waals surface area (Å²) in [6, 6.07) is 11.6. The molecule has 0 heterocycles. The Hall–Kier alpha value is -1.51. The van der Waals surface area contributed by atoms with Gasteiger partial charge in [-0.15, -0.1) is 0 Å². The second kappa shape index (κ2) is 4.78. The number of hydrogen-bond donors (Lipinski definition) is 1. The normalized spacial score (nSPS) is 10.2. The average Bonchev–Trinajstić information content (AvgIpc) is 2.29. The van der Waals surface area contributed by atoms with Gasteiger partial charge in [0.15, 0.2) is 5.78 Å². The Bertz CT molecular complexity index is 581. The van der Waals surface area contributed by atoms with Crippen LogP contribution in [0.25, 0.3) is 0 Å². The predicted molar refractivity (Wildman–Crippen MR) is 70.7 cm³/mol. The molecule has 2 N–H and O–H groups in total. The van der Waals surface area contributed by atoms with E-state index in [4.69, 9.17) is 28.9 Å². The molecular weight excluding hydrogens is 257 g/mol. The molecule has 0 aromatic heterocycles. The van der Waals surface area contributed by atoms with Gasteiger partial charge in [0, 0.05) is 16.8 Å². The third-order valence-corrected chi connectivity index (χ3v) is 3.00. The summed E-state index contributed by atoms with van der Waals surface area (Å²) >= 11 is 11.9. The van der Waals surface area contributed by atoms with Crippen LogP contribution < -0.4 is 5.73 Å². The molecule has 86 valence electrons. The highest BCUT2D eigenvalue weighted by Gasteiger charge is 2.15. The van der Waals surface area contributed by atoms with E-state index in [-0.39, 0.29) is 5.78 Å². The Morgan fingerprint density at radius 2 is 1.59 bits per heavy atom. The number of carbonyl (C=O) groups excluding carboxylic acids is 1. The van der Waals surface area contributed by atoms with Gasteiger partial charge in [-0.3, -0.25) is 4.79 Å². The summed E-state index contributed by atoms with van der Waals surface area (Å²) in [5.74, 6) is -0.208. The van der Waals surface area contributed by atoms with Crippen LogP contribution in [0.1, 0.15) is 15.9 Å². The van der Waals surface area contributed by atoms with E-state index >= 15 is 0 Å². The monoisotopic (exact) mass is 265 g/mol. The molecule has 0 amide bonds. The Kier molecular flexibility index (Phi) is 3.36. The minimum Gasteiger partial charge on any atom is -0.399 e. The summed E-state index contributed by atoms with van der Waals surface area (Å²) < 4.78 is 0. The zero-order chi connectivity index (χ0) is 12.4. The summed E-state index contributed by atoms with van der Waals surface area (Å²) in [4.78, 5) is 12.2. The average molecular weight is 266 g/mol. The quantitative estimate of drug-likeness (QED) is 0.663. The van der Waals surface area contributed by atoms with Crippen LogP contribution >= 0.6 is 23.2 Å². The zero-order valence-corrected chi connectivity index (χ0v) is 10.3. The number of nitrogens with two attached hydrogens (primary N) is 1. The van der Waals surface area contributed by atoms with Crippen LogP contribution in [0.5, 0.6) is 0 Å². The molecule has 0 aliphatic carbocycles. The van der Waals surface area contributed by atoms with E-state index in [0.717, 1.165) is 0 Å². The van der Waals surface area contributed by atoms with E-state index in [9.17, 15) is 4.79 Å². The fourth-order valence-electron chi connectivity index (χ4n) is 1.51. The lowest BCUT2D eigenvalue weighted by Gasteiger charge is -2.06. The van der Waals surface area contributed by atoms with Gasteiger partial charge in [-0.05, 0) is 30.3 Å². The minimum atomic E-state index is -0.208. The first-order chi connectivity index (χ1) is 8.09. The second-order valence-corrected chi connectivity index (χ2v) is 4.36. The van der Waals surface area contributed by atoms with Crippen molar-refractivity contribution in [3.63, 3.8) is 0 Å². The van der Waals surface area contributed by atoms with Gasteiger partial charge in [0.05, 0.1) is 10.0 Å². The fraction of sp³-hybridized carbons (Fsp3) is 0. The number of halogens is 2. The van der Waals surface area contributed by atoms with Crippen molar-refractivity contribution in [3.8, 4) is 0 Å². The molecule has 0 aliphatic heterocycles. The molecule has 0 bridgehead atoms. The van der Waals surface area contributed by atoms with Crippen LogP contribution in [-0.4, -0.2) is 5.78 Å². The highest BCUT2D eigenvalue weighted by Crippen LogP contribution is 2.25. The number of hydrogen-bond acceptors (Lipinski definition) is 2. The molecular formula is C13H9Cl2NO. The van der Waals surface area contributed by atoms with E-state index in [1.807, 2.05) is 0 Å². The molecule has 17 heavy (non-hydrogen) atoms. The van der Waals surface area contributed by atoms with E-state index in [0.29, 0.717) is 26.9 Å². The maximum absolute atomic E-state index is 12.2. The molecule has 0 radical (unpaired) electrons. The first-order valence-electron chi connectivity index (χ1n) is 4.94. The Labute approximate surface area is 109 Å². The van der Waals surface area contributed by atoms with Crippen LogP contribution in [0.4, 0.5) is 5.69 Å². The summed E-state index contributed by atoms with van der Waals surface area (Å²) in [5, 5.41) is 0.736. The SMILES string of the molecule is Nc1ccc(C(=O)c2ccccc2Cl)c(Cl)c1. The smallest absolute Gasteiger partial charge is 0.196 e. The van der Waals surface area contributed by atoms with Gasteiger partial charge < -0.3 is 5.73 Å². The van der Waals surface area contributed by atoms with E-state index in [1.54, 1.807) is 42.5 Å². The predicted octanol–water partition coefficient (Wildman–Crippen LogP) is 3.81. The Morgan fingerprint density at radius 3 is 2.24 bits per heavy atom. The molecule has 2 rings (SSSR count). The second-order valence-electron chi connectivity index (χ2n) is 3.55. The topological polar surface area (TPSA) is 43.1 Å². The molecule has 0 unspecified atom stereocenters. The first kappa shape index (κ1) is 12.0. The lowest BCUT2D eigenvalue weighted by molar-refractivity contribution is 0.103. The number of ketones is 1. The Balaban J connectivity index is 2.48. The van der Waals surface area contributed by atoms with Crippen molar-refractivity contribution >= 4 is 34.7 Å². The summed E-state index contributed by atoms with van der Waals surface area (Å²) in [6.45, 7) is 0. The zero-order valence-electron chi connectivity index (χ0n) is 8.78. The maximum atomic E-state index is 12.2. The van der Waals surface area contributed by atoms with Crippen molar-refractivity contribution < 1.29 is 4.79 Å². The third kappa shape index (κ3) is 2.43. The van der Waals surface area contributed by atoms with Gasteiger partial charge in [0.1, 0.15) is 0 Å². The van der Waals surface area contributed by atoms with E-state index in [2.05, 4.69) is 0 Å². The maximum Gasteiger partial charge on any atom is 0.196 e. The molecule has 0 aliphatic rings. The summed E-state index contributed by atoms with van der Waals surface area (Å²) in [6.07, 6.45) is 0. The van der Waals surface area contributed by atoms with Crippen LogP contribution in [0.15, 0.2) is 42.5 Å². The molecule has 0 saturated carbocycles. The van der Waals surface area contributed by atoms with Gasteiger partial charge in [0.2, 0.25) is 0 Å². The van der Waals surface area contributed by atoms with Gasteiger partial charge in [-0.2, -0.15) is 0 Å². The molecule has 4 heteroatoms. The van der Waals surface area contributed by atoms with Crippen LogP contribution in [0.2, 0.25) is 10.0 Å². The van der Waals surface area contributed by atoms with E-state index in [1.165, 1.54) is 0 Å². The summed E-state index contributed by atoms with van der Waals surface area (Å²) in [7, 11) is 0. The van der Waals surface area contributed by atoms with Crippen molar-refractivity contribution in [2.45, 2.75) is 0 Å². The number of nitrogen functional groups attached to an aromatic ring is 1. The van der Waals surface area contributed by atoms with E-state index < -0.39 is 0 Å². The largest absolute Gasteiger partial charge is 0.399 e. The van der Waals surface area contributed by atoms with Crippen molar-refractivity contribution in [1.82, 2.24) is 0 Å². The molecule has 0 saturated heterocycles. The number of carbonyl (C=O) groups is 1. The highest BCUT2D eigenvalue weighted by atomic mass is 35.5. The van der Waals surface area contributed by atoms with Crippen molar-refractivity contribution in [1.29, 1.82) is 0 Å². The fourth-order valence-corrected chi connectivity index (χ4v) is 2.00. The van der Waals surface area contributed by atoms with Gasteiger partial charge in [-0.1, -0.05) is 35.3 Å². The minimum absolute atomic E-state index is 0.208. The van der Waals surface area contributed by atoms with Crippen molar-refractivity contribution in [3.05, 3.63) is 63.6 Å².